The minimum Gasteiger partial charge on any atom is -0.504 e. The van der Waals surface area contributed by atoms with E-state index in [4.69, 9.17) is 9.47 Å². The molecule has 0 radical (unpaired) electrons. The Kier molecular flexibility index (Phi) is 6.18. The molecule has 0 saturated carbocycles. The van der Waals surface area contributed by atoms with Crippen molar-refractivity contribution in [3.05, 3.63) is 59.7 Å². The lowest BCUT2D eigenvalue weighted by Gasteiger charge is -2.09. The lowest BCUT2D eigenvalue weighted by molar-refractivity contribution is 0.340. The fraction of sp³-hybridized carbons (Fsp3) is 0.174. The van der Waals surface area contributed by atoms with Crippen LogP contribution in [-0.2, 0) is 0 Å². The van der Waals surface area contributed by atoms with Crippen molar-refractivity contribution in [3.63, 3.8) is 0 Å². The summed E-state index contributed by atoms with van der Waals surface area (Å²) in [7, 11) is 1.49. The van der Waals surface area contributed by atoms with Gasteiger partial charge in [-0.2, -0.15) is 5.10 Å². The number of anilines is 1. The molecule has 0 bridgehead atoms. The molecule has 0 atom stereocenters. The highest BCUT2D eigenvalue weighted by molar-refractivity contribution is 7.23. The highest BCUT2D eigenvalue weighted by Gasteiger charge is 2.18. The summed E-state index contributed by atoms with van der Waals surface area (Å²) in [5.41, 5.74) is 6.18. The monoisotopic (exact) mass is 452 g/mol. The second-order valence-corrected chi connectivity index (χ2v) is 7.85. The maximum absolute atomic E-state index is 13.8. The molecule has 2 N–H and O–H groups in total. The van der Waals surface area contributed by atoms with Gasteiger partial charge in [-0.15, -0.1) is 11.3 Å². The van der Waals surface area contributed by atoms with Gasteiger partial charge in [0, 0.05) is 16.5 Å². The Morgan fingerprint density at radius 3 is 2.78 bits per heavy atom. The summed E-state index contributed by atoms with van der Waals surface area (Å²) in [6, 6.07) is 9.51. The van der Waals surface area contributed by atoms with Gasteiger partial charge >= 0.3 is 0 Å². The Balaban J connectivity index is 1.67. The number of nitrogens with zero attached hydrogens (tertiary/aromatic N) is 3. The number of aryl methyl sites for hydroxylation is 1. The number of fused-ring (bicyclic) bond motifs is 1. The Morgan fingerprint density at radius 1 is 1.19 bits per heavy atom. The van der Waals surface area contributed by atoms with Crippen LogP contribution in [0.1, 0.15) is 18.1 Å². The number of halogens is 1. The van der Waals surface area contributed by atoms with Gasteiger partial charge in [0.05, 0.1) is 30.1 Å². The summed E-state index contributed by atoms with van der Waals surface area (Å²) in [5, 5.41) is 14.2. The molecule has 2 heterocycles. The Hall–Kier alpha value is -3.72. The molecule has 0 saturated heterocycles. The lowest BCUT2D eigenvalue weighted by Crippen LogP contribution is -1.95. The molecule has 32 heavy (non-hydrogen) atoms. The number of thiophene rings is 1. The van der Waals surface area contributed by atoms with Gasteiger partial charge in [0.15, 0.2) is 17.3 Å². The largest absolute Gasteiger partial charge is 0.504 e. The van der Waals surface area contributed by atoms with E-state index >= 15 is 0 Å². The number of phenolic OH excluding ortho intramolecular Hbond substituents is 1. The van der Waals surface area contributed by atoms with Gasteiger partial charge in [0.25, 0.3) is 0 Å². The first-order valence-electron chi connectivity index (χ1n) is 9.84. The fourth-order valence-electron chi connectivity index (χ4n) is 3.27. The Morgan fingerprint density at radius 2 is 2.03 bits per heavy atom. The van der Waals surface area contributed by atoms with E-state index in [-0.39, 0.29) is 11.6 Å². The number of phenols is 1. The highest BCUT2D eigenvalue weighted by Crippen LogP contribution is 2.43. The number of ether oxygens (including phenoxy) is 2. The van der Waals surface area contributed by atoms with Gasteiger partial charge in [-0.25, -0.2) is 14.4 Å². The van der Waals surface area contributed by atoms with Crippen molar-refractivity contribution in [2.45, 2.75) is 13.8 Å². The summed E-state index contributed by atoms with van der Waals surface area (Å²) in [5.74, 6) is 1.10. The molecule has 9 heteroatoms. The molecule has 0 fully saturated rings. The van der Waals surface area contributed by atoms with Crippen LogP contribution in [0.3, 0.4) is 0 Å². The number of rotatable bonds is 7. The molecule has 4 aromatic rings. The molecule has 0 spiro atoms. The van der Waals surface area contributed by atoms with Gasteiger partial charge in [0.1, 0.15) is 17.9 Å². The molecule has 4 rings (SSSR count). The molecule has 7 nitrogen and oxygen atoms in total. The van der Waals surface area contributed by atoms with Crippen molar-refractivity contribution in [3.8, 4) is 27.7 Å². The van der Waals surface area contributed by atoms with E-state index in [9.17, 15) is 9.50 Å². The van der Waals surface area contributed by atoms with Crippen LogP contribution >= 0.6 is 11.3 Å². The zero-order valence-corrected chi connectivity index (χ0v) is 18.5. The third kappa shape index (κ3) is 4.19. The summed E-state index contributed by atoms with van der Waals surface area (Å²) in [6.45, 7) is 4.26. The van der Waals surface area contributed by atoms with E-state index < -0.39 is 0 Å². The average molecular weight is 453 g/mol. The van der Waals surface area contributed by atoms with Gasteiger partial charge < -0.3 is 14.6 Å². The third-order valence-corrected chi connectivity index (χ3v) is 6.10. The van der Waals surface area contributed by atoms with Gasteiger partial charge in [0.2, 0.25) is 0 Å². The number of aromatic hydroxyl groups is 1. The van der Waals surface area contributed by atoms with E-state index in [1.54, 1.807) is 30.5 Å². The van der Waals surface area contributed by atoms with Crippen LogP contribution in [0.2, 0.25) is 0 Å². The molecule has 2 aromatic carbocycles. The summed E-state index contributed by atoms with van der Waals surface area (Å²) >= 11 is 1.48. The van der Waals surface area contributed by atoms with Crippen molar-refractivity contribution in [1.82, 2.24) is 9.97 Å². The SMILES string of the molecule is CCOc1cc(F)ccc1-c1sc2c(NN=Cc3ccc(OC)c(O)c3)ncnc2c1C. The normalized spacial score (nSPS) is 11.2. The first-order valence-corrected chi connectivity index (χ1v) is 10.7. The van der Waals surface area contributed by atoms with Crippen molar-refractivity contribution in [1.29, 1.82) is 0 Å². The number of hydrogen-bond acceptors (Lipinski definition) is 8. The predicted molar refractivity (Wildman–Crippen MR) is 125 cm³/mol. The van der Waals surface area contributed by atoms with Crippen LogP contribution in [-0.4, -0.2) is 35.0 Å². The van der Waals surface area contributed by atoms with E-state index in [0.717, 1.165) is 26.2 Å². The lowest BCUT2D eigenvalue weighted by atomic mass is 10.1. The Bertz CT molecular complexity index is 1310. The molecule has 0 aliphatic heterocycles. The van der Waals surface area contributed by atoms with Gasteiger partial charge in [-0.05, 0) is 55.3 Å². The predicted octanol–water partition coefficient (Wildman–Crippen LogP) is 5.36. The molecule has 0 aliphatic carbocycles. The van der Waals surface area contributed by atoms with Crippen molar-refractivity contribution in [2.24, 2.45) is 5.10 Å². The van der Waals surface area contributed by atoms with E-state index in [2.05, 4.69) is 20.5 Å². The molecular formula is C23H21FN4O3S. The number of methoxy groups -OCH3 is 1. The van der Waals surface area contributed by atoms with Gasteiger partial charge in [-0.3, -0.25) is 5.43 Å². The van der Waals surface area contributed by atoms with Crippen LogP contribution in [0.4, 0.5) is 10.2 Å². The molecule has 164 valence electrons. The molecule has 0 aliphatic rings. The number of benzene rings is 2. The second-order valence-electron chi connectivity index (χ2n) is 6.83. The van der Waals surface area contributed by atoms with Crippen LogP contribution in [0, 0.1) is 12.7 Å². The smallest absolute Gasteiger partial charge is 0.167 e. The standard InChI is InChI=1S/C23H21FN4O3S/c1-4-31-19-10-15(24)6-7-16(19)21-13(2)20-22(32-21)23(26-12-25-20)28-27-11-14-5-8-18(30-3)17(29)9-14/h5-12,29H,4H2,1-3H3,(H,25,26,28). The molecule has 0 amide bonds. The van der Waals surface area contributed by atoms with Crippen molar-refractivity contribution >= 4 is 33.6 Å². The van der Waals surface area contributed by atoms with Gasteiger partial charge in [-0.1, -0.05) is 0 Å². The second kappa shape index (κ2) is 9.19. The third-order valence-electron chi connectivity index (χ3n) is 4.78. The summed E-state index contributed by atoms with van der Waals surface area (Å²) in [4.78, 5) is 9.67. The minimum absolute atomic E-state index is 0.0313. The van der Waals surface area contributed by atoms with Crippen molar-refractivity contribution < 1.29 is 19.0 Å². The van der Waals surface area contributed by atoms with E-state index in [0.29, 0.717) is 29.5 Å². The van der Waals surface area contributed by atoms with Crippen molar-refractivity contribution in [2.75, 3.05) is 19.1 Å². The highest BCUT2D eigenvalue weighted by atomic mass is 32.1. The first-order chi connectivity index (χ1) is 15.5. The first kappa shape index (κ1) is 21.5. The molecular weight excluding hydrogens is 431 g/mol. The topological polar surface area (TPSA) is 88.9 Å². The maximum atomic E-state index is 13.8. The number of nitrogens with one attached hydrogen (secondary N) is 1. The number of hydrazone groups is 1. The van der Waals surface area contributed by atoms with Crippen LogP contribution in [0.15, 0.2) is 47.8 Å². The van der Waals surface area contributed by atoms with E-state index in [1.807, 2.05) is 13.8 Å². The average Bonchev–Trinajstić information content (AvgIpc) is 3.12. The number of hydrogen-bond donors (Lipinski definition) is 2. The Labute approximate surface area is 188 Å². The summed E-state index contributed by atoms with van der Waals surface area (Å²) < 4.78 is 25.3. The zero-order chi connectivity index (χ0) is 22.7. The van der Waals surface area contributed by atoms with Crippen LogP contribution in [0.5, 0.6) is 17.2 Å². The fourth-order valence-corrected chi connectivity index (χ4v) is 4.50. The van der Waals surface area contributed by atoms with Crippen LogP contribution < -0.4 is 14.9 Å². The maximum Gasteiger partial charge on any atom is 0.167 e. The molecule has 2 aromatic heterocycles. The quantitative estimate of drug-likeness (QED) is 0.290. The number of aromatic nitrogens is 2. The zero-order valence-electron chi connectivity index (χ0n) is 17.7. The summed E-state index contributed by atoms with van der Waals surface area (Å²) in [6.07, 6.45) is 3.04. The van der Waals surface area contributed by atoms with Crippen LogP contribution in [0.25, 0.3) is 20.7 Å². The van der Waals surface area contributed by atoms with E-state index in [1.165, 1.54) is 36.9 Å². The molecule has 0 unspecified atom stereocenters. The minimum atomic E-state index is -0.350.